The molecule has 0 spiro atoms. The van der Waals surface area contributed by atoms with E-state index in [1.54, 1.807) is 12.1 Å². The Kier molecular flexibility index (Phi) is 4.56. The SMILES string of the molecule is N#CC1(C#N)[C@@H]2c3ccccc3C=CN2[C@@H](C(=O)C23CC4CC(CC(C4)C2)C3)[C@@H]1c1cccc(F)c1. The Balaban J connectivity index is 1.44. The second-order valence-electron chi connectivity index (χ2n) is 11.9. The zero-order chi connectivity index (χ0) is 24.7. The van der Waals surface area contributed by atoms with Gasteiger partial charge in [0.15, 0.2) is 11.2 Å². The summed E-state index contributed by atoms with van der Waals surface area (Å²) in [6, 6.07) is 17.5. The van der Waals surface area contributed by atoms with Crippen molar-refractivity contribution >= 4 is 11.9 Å². The molecule has 0 aromatic heterocycles. The molecule has 2 aliphatic heterocycles. The molecule has 180 valence electrons. The van der Waals surface area contributed by atoms with Crippen molar-refractivity contribution in [3.63, 3.8) is 0 Å². The van der Waals surface area contributed by atoms with E-state index in [4.69, 9.17) is 0 Å². The van der Waals surface area contributed by atoms with E-state index in [-0.39, 0.29) is 5.78 Å². The minimum Gasteiger partial charge on any atom is -0.357 e. The van der Waals surface area contributed by atoms with Gasteiger partial charge >= 0.3 is 0 Å². The molecular weight excluding hydrogens is 449 g/mol. The molecular formula is C31H28FN3O. The summed E-state index contributed by atoms with van der Waals surface area (Å²) in [5.74, 6) is 0.791. The minimum atomic E-state index is -1.53. The number of halogens is 1. The molecule has 0 radical (unpaired) electrons. The molecule has 8 rings (SSSR count). The first-order valence-corrected chi connectivity index (χ1v) is 13.1. The lowest BCUT2D eigenvalue weighted by atomic mass is 9.47. The molecule has 2 aromatic rings. The van der Waals surface area contributed by atoms with Gasteiger partial charge in [-0.05, 0) is 91.2 Å². The highest BCUT2D eigenvalue weighted by molar-refractivity contribution is 5.92. The maximum atomic E-state index is 14.9. The first-order chi connectivity index (χ1) is 17.5. The van der Waals surface area contributed by atoms with Crippen molar-refractivity contribution in [2.24, 2.45) is 28.6 Å². The average Bonchev–Trinajstić information content (AvgIpc) is 3.18. The van der Waals surface area contributed by atoms with Crippen LogP contribution in [0.4, 0.5) is 4.39 Å². The quantitative estimate of drug-likeness (QED) is 0.533. The lowest BCUT2D eigenvalue weighted by Crippen LogP contribution is -2.55. The van der Waals surface area contributed by atoms with E-state index in [1.807, 2.05) is 41.4 Å². The molecule has 36 heavy (non-hydrogen) atoms. The number of carbonyl (C=O) groups is 1. The van der Waals surface area contributed by atoms with Crippen LogP contribution in [0.2, 0.25) is 0 Å². The maximum absolute atomic E-state index is 14.9. The van der Waals surface area contributed by atoms with E-state index in [1.165, 1.54) is 31.4 Å². The highest BCUT2D eigenvalue weighted by Gasteiger charge is 2.67. The predicted octanol–water partition coefficient (Wildman–Crippen LogP) is 6.14. The number of hydrogen-bond acceptors (Lipinski definition) is 4. The standard InChI is InChI=1S/C31H28FN3O/c32-24-6-3-5-23(13-24)26-27(29(36)30-14-19-10-20(15-30)12-21(11-19)16-30)35-9-8-22-4-1-2-7-25(22)28(35)31(26,17-33)18-34/h1-9,13,19-21,26-28H,10-12,14-16H2/t19?,20?,21?,26-,27+,28-,30?/m0/s1. The van der Waals surface area contributed by atoms with Crippen LogP contribution in [0.5, 0.6) is 0 Å². The van der Waals surface area contributed by atoms with Crippen LogP contribution in [-0.4, -0.2) is 16.7 Å². The largest absolute Gasteiger partial charge is 0.357 e. The van der Waals surface area contributed by atoms with Gasteiger partial charge in [0.1, 0.15) is 5.82 Å². The van der Waals surface area contributed by atoms with Crippen molar-refractivity contribution in [1.82, 2.24) is 4.90 Å². The van der Waals surface area contributed by atoms with Crippen LogP contribution in [0, 0.1) is 57.1 Å². The molecule has 4 aliphatic carbocycles. The van der Waals surface area contributed by atoms with Crippen molar-refractivity contribution in [3.05, 3.63) is 77.2 Å². The van der Waals surface area contributed by atoms with Gasteiger partial charge in [-0.15, -0.1) is 0 Å². The van der Waals surface area contributed by atoms with Gasteiger partial charge in [-0.3, -0.25) is 4.79 Å². The van der Waals surface area contributed by atoms with Gasteiger partial charge in [0.25, 0.3) is 0 Å². The number of rotatable bonds is 3. The number of hydrogen-bond donors (Lipinski definition) is 0. The van der Waals surface area contributed by atoms with Crippen LogP contribution >= 0.6 is 0 Å². The summed E-state index contributed by atoms with van der Waals surface area (Å²) in [5.41, 5.74) is 0.458. The van der Waals surface area contributed by atoms with Crippen molar-refractivity contribution in [1.29, 1.82) is 10.5 Å². The van der Waals surface area contributed by atoms with Crippen LogP contribution in [0.3, 0.4) is 0 Å². The van der Waals surface area contributed by atoms with Crippen LogP contribution in [0.25, 0.3) is 6.08 Å². The summed E-state index contributed by atoms with van der Waals surface area (Å²) >= 11 is 0. The van der Waals surface area contributed by atoms with E-state index < -0.39 is 34.6 Å². The molecule has 0 amide bonds. The number of fused-ring (bicyclic) bond motifs is 3. The molecule has 0 unspecified atom stereocenters. The molecule has 4 saturated carbocycles. The normalized spacial score (nSPS) is 36.6. The van der Waals surface area contributed by atoms with E-state index >= 15 is 0 Å². The number of nitriles is 2. The summed E-state index contributed by atoms with van der Waals surface area (Å²) in [6.07, 6.45) is 10.3. The number of nitrogens with zero attached hydrogens (tertiary/aromatic N) is 3. The molecule has 5 heteroatoms. The zero-order valence-electron chi connectivity index (χ0n) is 20.1. The smallest absolute Gasteiger partial charge is 0.177 e. The molecule has 1 saturated heterocycles. The molecule has 4 nitrogen and oxygen atoms in total. The second-order valence-corrected chi connectivity index (χ2v) is 11.9. The fourth-order valence-corrected chi connectivity index (χ4v) is 9.09. The third-order valence-corrected chi connectivity index (χ3v) is 9.98. The second kappa shape index (κ2) is 7.53. The van der Waals surface area contributed by atoms with Crippen LogP contribution < -0.4 is 0 Å². The Bertz CT molecular complexity index is 1330. The Morgan fingerprint density at radius 2 is 1.61 bits per heavy atom. The predicted molar refractivity (Wildman–Crippen MR) is 132 cm³/mol. The lowest BCUT2D eigenvalue weighted by molar-refractivity contribution is -0.148. The van der Waals surface area contributed by atoms with Gasteiger partial charge in [0, 0.05) is 17.5 Å². The number of carbonyl (C=O) groups excluding carboxylic acids is 1. The number of Topliss-reactive ketones (excluding diaryl/α,β-unsaturated/α-hetero) is 1. The highest BCUT2D eigenvalue weighted by atomic mass is 19.1. The van der Waals surface area contributed by atoms with E-state index in [0.29, 0.717) is 23.3 Å². The van der Waals surface area contributed by atoms with E-state index in [0.717, 1.165) is 30.4 Å². The molecule has 4 bridgehead atoms. The molecule has 3 atom stereocenters. The van der Waals surface area contributed by atoms with Crippen molar-refractivity contribution in [2.75, 3.05) is 0 Å². The summed E-state index contributed by atoms with van der Waals surface area (Å²) in [5, 5.41) is 21.4. The Hall–Kier alpha value is -3.44. The molecule has 2 heterocycles. The Morgan fingerprint density at radius 3 is 2.25 bits per heavy atom. The van der Waals surface area contributed by atoms with Gasteiger partial charge in [0.2, 0.25) is 0 Å². The van der Waals surface area contributed by atoms with E-state index in [2.05, 4.69) is 12.1 Å². The van der Waals surface area contributed by atoms with Gasteiger partial charge in [-0.25, -0.2) is 4.39 Å². The molecule has 5 fully saturated rings. The third kappa shape index (κ3) is 2.81. The fraction of sp³-hybridized carbons (Fsp3) is 0.452. The maximum Gasteiger partial charge on any atom is 0.177 e. The average molecular weight is 478 g/mol. The summed E-state index contributed by atoms with van der Waals surface area (Å²) in [7, 11) is 0. The Morgan fingerprint density at radius 1 is 0.944 bits per heavy atom. The first kappa shape index (κ1) is 21.8. The topological polar surface area (TPSA) is 67.9 Å². The summed E-state index contributed by atoms with van der Waals surface area (Å²) in [6.45, 7) is 0. The molecule has 0 N–H and O–H groups in total. The van der Waals surface area contributed by atoms with Crippen molar-refractivity contribution < 1.29 is 9.18 Å². The molecule has 6 aliphatic rings. The van der Waals surface area contributed by atoms with Crippen LogP contribution in [0.15, 0.2) is 54.7 Å². The molecule has 2 aromatic carbocycles. The first-order valence-electron chi connectivity index (χ1n) is 13.1. The Labute approximate surface area is 211 Å². The van der Waals surface area contributed by atoms with Gasteiger partial charge in [0.05, 0.1) is 24.2 Å². The van der Waals surface area contributed by atoms with Gasteiger partial charge in [-0.2, -0.15) is 10.5 Å². The van der Waals surface area contributed by atoms with Crippen LogP contribution in [-0.2, 0) is 4.79 Å². The van der Waals surface area contributed by atoms with E-state index in [9.17, 15) is 19.7 Å². The highest BCUT2D eigenvalue weighted by Crippen LogP contribution is 2.65. The fourth-order valence-electron chi connectivity index (χ4n) is 9.09. The van der Waals surface area contributed by atoms with Gasteiger partial charge in [-0.1, -0.05) is 36.4 Å². The van der Waals surface area contributed by atoms with Gasteiger partial charge < -0.3 is 4.90 Å². The number of benzene rings is 2. The minimum absolute atomic E-state index is 0.164. The summed E-state index contributed by atoms with van der Waals surface area (Å²) in [4.78, 5) is 16.9. The third-order valence-electron chi connectivity index (χ3n) is 9.98. The zero-order valence-corrected chi connectivity index (χ0v) is 20.1. The van der Waals surface area contributed by atoms with Crippen molar-refractivity contribution in [2.45, 2.75) is 56.5 Å². The van der Waals surface area contributed by atoms with Crippen LogP contribution in [0.1, 0.15) is 67.2 Å². The monoisotopic (exact) mass is 477 g/mol. The van der Waals surface area contributed by atoms with Crippen molar-refractivity contribution in [3.8, 4) is 12.1 Å². The lowest BCUT2D eigenvalue weighted by Gasteiger charge is -2.57. The summed E-state index contributed by atoms with van der Waals surface area (Å²) < 4.78 is 14.6. The number of ketones is 1.